The van der Waals surface area contributed by atoms with E-state index in [1.54, 1.807) is 20.0 Å². The summed E-state index contributed by atoms with van der Waals surface area (Å²) in [6.45, 7) is 3.61. The van der Waals surface area contributed by atoms with Gasteiger partial charge < -0.3 is 0 Å². The molecule has 0 atom stereocenters. The fourth-order valence-corrected chi connectivity index (χ4v) is 2.58. The lowest BCUT2D eigenvalue weighted by atomic mass is 10.1. The number of fused-ring (bicyclic) bond motifs is 1. The third-order valence-electron chi connectivity index (χ3n) is 3.62. The molecule has 0 saturated heterocycles. The topological polar surface area (TPSA) is 56.9 Å². The summed E-state index contributed by atoms with van der Waals surface area (Å²) >= 11 is 0. The van der Waals surface area contributed by atoms with Crippen molar-refractivity contribution >= 4 is 11.0 Å². The molecule has 0 aliphatic rings. The SMILES string of the molecule is Cc1cc(C)c2c(=O)n(-c3ccc(F)cc3)c(=O)n(C)c2n1. The smallest absolute Gasteiger partial charge is 0.280 e. The first-order chi connectivity index (χ1) is 10.4. The molecule has 0 amide bonds. The molecule has 6 heteroatoms. The Balaban J connectivity index is 2.50. The molecule has 0 spiro atoms. The van der Waals surface area contributed by atoms with Crippen LogP contribution < -0.4 is 11.2 Å². The van der Waals surface area contributed by atoms with Gasteiger partial charge in [-0.2, -0.15) is 0 Å². The predicted molar refractivity (Wildman–Crippen MR) is 82.0 cm³/mol. The zero-order chi connectivity index (χ0) is 16.0. The number of halogens is 1. The number of rotatable bonds is 1. The second-order valence-corrected chi connectivity index (χ2v) is 5.24. The minimum atomic E-state index is -0.512. The highest BCUT2D eigenvalue weighted by molar-refractivity contribution is 5.78. The molecule has 112 valence electrons. The van der Waals surface area contributed by atoms with Crippen molar-refractivity contribution in [1.82, 2.24) is 14.1 Å². The lowest BCUT2D eigenvalue weighted by molar-refractivity contribution is 0.627. The molecule has 0 bridgehead atoms. The summed E-state index contributed by atoms with van der Waals surface area (Å²) < 4.78 is 15.4. The summed E-state index contributed by atoms with van der Waals surface area (Å²) in [7, 11) is 1.57. The van der Waals surface area contributed by atoms with Crippen molar-refractivity contribution in [2.45, 2.75) is 13.8 Å². The first kappa shape index (κ1) is 14.2. The fourth-order valence-electron chi connectivity index (χ4n) is 2.58. The lowest BCUT2D eigenvalue weighted by Crippen LogP contribution is -2.38. The van der Waals surface area contributed by atoms with E-state index in [1.807, 2.05) is 6.92 Å². The average Bonchev–Trinajstić information content (AvgIpc) is 2.46. The number of hydrogen-bond acceptors (Lipinski definition) is 3. The Labute approximate surface area is 125 Å². The van der Waals surface area contributed by atoms with Crippen LogP contribution in [-0.4, -0.2) is 14.1 Å². The summed E-state index contributed by atoms with van der Waals surface area (Å²) in [6.07, 6.45) is 0. The van der Waals surface area contributed by atoms with Crippen molar-refractivity contribution in [3.63, 3.8) is 0 Å². The first-order valence-corrected chi connectivity index (χ1v) is 6.76. The van der Waals surface area contributed by atoms with Crippen LogP contribution in [0.4, 0.5) is 4.39 Å². The molecule has 0 aliphatic heterocycles. The Kier molecular flexibility index (Phi) is 3.16. The third-order valence-corrected chi connectivity index (χ3v) is 3.62. The van der Waals surface area contributed by atoms with Gasteiger partial charge in [0.05, 0.1) is 11.1 Å². The minimum absolute atomic E-state index is 0.328. The van der Waals surface area contributed by atoms with Crippen LogP contribution in [0.25, 0.3) is 16.7 Å². The summed E-state index contributed by atoms with van der Waals surface area (Å²) in [5, 5.41) is 0.386. The molecule has 3 rings (SSSR count). The Morgan fingerprint density at radius 2 is 1.73 bits per heavy atom. The number of aromatic nitrogens is 3. The van der Waals surface area contributed by atoms with E-state index in [0.29, 0.717) is 16.7 Å². The zero-order valence-electron chi connectivity index (χ0n) is 12.4. The highest BCUT2D eigenvalue weighted by Crippen LogP contribution is 2.13. The van der Waals surface area contributed by atoms with Crippen molar-refractivity contribution < 1.29 is 4.39 Å². The standard InChI is InChI=1S/C16H14FN3O2/c1-9-8-10(2)18-14-13(9)15(21)20(16(22)19(14)3)12-6-4-11(17)5-7-12/h4-8H,1-3H3. The van der Waals surface area contributed by atoms with Gasteiger partial charge in [0.2, 0.25) is 0 Å². The van der Waals surface area contributed by atoms with Gasteiger partial charge in [-0.1, -0.05) is 0 Å². The summed E-state index contributed by atoms with van der Waals surface area (Å²) in [4.78, 5) is 29.5. The van der Waals surface area contributed by atoms with Crippen LogP contribution in [0.2, 0.25) is 0 Å². The quantitative estimate of drug-likeness (QED) is 0.689. The summed E-state index contributed by atoms with van der Waals surface area (Å²) in [5.74, 6) is -0.428. The van der Waals surface area contributed by atoms with E-state index in [1.165, 1.54) is 28.8 Å². The molecule has 2 heterocycles. The molecule has 22 heavy (non-hydrogen) atoms. The van der Waals surface area contributed by atoms with Crippen LogP contribution in [0.1, 0.15) is 11.3 Å². The van der Waals surface area contributed by atoms with E-state index < -0.39 is 17.1 Å². The monoisotopic (exact) mass is 299 g/mol. The fraction of sp³-hybridized carbons (Fsp3) is 0.188. The van der Waals surface area contributed by atoms with Crippen molar-refractivity contribution in [1.29, 1.82) is 0 Å². The van der Waals surface area contributed by atoms with E-state index >= 15 is 0 Å². The van der Waals surface area contributed by atoms with Crippen molar-refractivity contribution in [2.75, 3.05) is 0 Å². The second-order valence-electron chi connectivity index (χ2n) is 5.24. The van der Waals surface area contributed by atoms with Crippen LogP contribution in [0, 0.1) is 19.7 Å². The highest BCUT2D eigenvalue weighted by atomic mass is 19.1. The number of nitrogens with zero attached hydrogens (tertiary/aromatic N) is 3. The van der Waals surface area contributed by atoms with Gasteiger partial charge in [0.1, 0.15) is 11.5 Å². The van der Waals surface area contributed by atoms with Crippen LogP contribution in [0.3, 0.4) is 0 Å². The minimum Gasteiger partial charge on any atom is -0.280 e. The van der Waals surface area contributed by atoms with Gasteiger partial charge in [-0.3, -0.25) is 9.36 Å². The maximum absolute atomic E-state index is 13.1. The Morgan fingerprint density at radius 3 is 2.36 bits per heavy atom. The van der Waals surface area contributed by atoms with E-state index in [-0.39, 0.29) is 0 Å². The molecule has 0 radical (unpaired) electrons. The Hall–Kier alpha value is -2.76. The Bertz CT molecular complexity index is 1000. The van der Waals surface area contributed by atoms with Gasteiger partial charge in [-0.15, -0.1) is 0 Å². The van der Waals surface area contributed by atoms with Gasteiger partial charge >= 0.3 is 5.69 Å². The zero-order valence-corrected chi connectivity index (χ0v) is 12.4. The molecule has 0 N–H and O–H groups in total. The van der Waals surface area contributed by atoms with Gasteiger partial charge in [-0.25, -0.2) is 18.7 Å². The molecule has 0 unspecified atom stereocenters. The largest absolute Gasteiger partial charge is 0.337 e. The van der Waals surface area contributed by atoms with Crippen molar-refractivity contribution in [3.8, 4) is 5.69 Å². The van der Waals surface area contributed by atoms with Gasteiger partial charge in [0.15, 0.2) is 0 Å². The van der Waals surface area contributed by atoms with Gasteiger partial charge in [0.25, 0.3) is 5.56 Å². The summed E-state index contributed by atoms with van der Waals surface area (Å²) in [5.41, 5.74) is 1.20. The van der Waals surface area contributed by atoms with Crippen LogP contribution in [-0.2, 0) is 7.05 Å². The van der Waals surface area contributed by atoms with E-state index in [2.05, 4.69) is 4.98 Å². The number of hydrogen-bond donors (Lipinski definition) is 0. The molecular weight excluding hydrogens is 285 g/mol. The van der Waals surface area contributed by atoms with Crippen LogP contribution in [0.15, 0.2) is 39.9 Å². The van der Waals surface area contributed by atoms with Crippen molar-refractivity contribution in [3.05, 3.63) is 68.2 Å². The van der Waals surface area contributed by atoms with Crippen LogP contribution in [0.5, 0.6) is 0 Å². The van der Waals surface area contributed by atoms with E-state index in [0.717, 1.165) is 15.8 Å². The Morgan fingerprint density at radius 1 is 1.09 bits per heavy atom. The molecule has 0 aliphatic carbocycles. The second kappa shape index (κ2) is 4.91. The molecule has 1 aromatic carbocycles. The molecule has 5 nitrogen and oxygen atoms in total. The summed E-state index contributed by atoms with van der Waals surface area (Å²) in [6, 6.07) is 7.03. The van der Waals surface area contributed by atoms with Crippen LogP contribution >= 0.6 is 0 Å². The predicted octanol–water partition coefficient (Wildman–Crippen LogP) is 1.84. The molecule has 0 saturated carbocycles. The van der Waals surface area contributed by atoms with Gasteiger partial charge in [-0.05, 0) is 49.7 Å². The molecule has 3 aromatic rings. The molecule has 0 fully saturated rings. The normalized spacial score (nSPS) is 11.1. The molecule has 2 aromatic heterocycles. The third kappa shape index (κ3) is 2.04. The number of pyridine rings is 1. The number of aryl methyl sites for hydroxylation is 3. The lowest BCUT2D eigenvalue weighted by Gasteiger charge is -2.12. The first-order valence-electron chi connectivity index (χ1n) is 6.76. The maximum Gasteiger partial charge on any atom is 0.337 e. The van der Waals surface area contributed by atoms with Crippen molar-refractivity contribution in [2.24, 2.45) is 7.05 Å². The number of benzene rings is 1. The van der Waals surface area contributed by atoms with E-state index in [9.17, 15) is 14.0 Å². The molecular formula is C16H14FN3O2. The maximum atomic E-state index is 13.1. The van der Waals surface area contributed by atoms with E-state index in [4.69, 9.17) is 0 Å². The highest BCUT2D eigenvalue weighted by Gasteiger charge is 2.15. The van der Waals surface area contributed by atoms with Gasteiger partial charge in [0, 0.05) is 12.7 Å². The average molecular weight is 299 g/mol.